The molecule has 20 heavy (non-hydrogen) atoms. The fourth-order valence-electron chi connectivity index (χ4n) is 1.75. The van der Waals surface area contributed by atoms with Crippen molar-refractivity contribution in [3.8, 4) is 17.4 Å². The number of pyridine rings is 1. The number of para-hydroxylation sites is 1. The third-order valence-corrected chi connectivity index (χ3v) is 2.69. The highest BCUT2D eigenvalue weighted by Crippen LogP contribution is 2.29. The Morgan fingerprint density at radius 1 is 1.20 bits per heavy atom. The number of benzene rings is 1. The lowest BCUT2D eigenvalue weighted by atomic mass is 10.2. The molecule has 106 valence electrons. The van der Waals surface area contributed by atoms with Crippen LogP contribution in [-0.2, 0) is 6.54 Å². The molecule has 1 aromatic heterocycles. The van der Waals surface area contributed by atoms with E-state index < -0.39 is 0 Å². The quantitative estimate of drug-likeness (QED) is 0.731. The summed E-state index contributed by atoms with van der Waals surface area (Å²) in [5.41, 5.74) is 1.34. The predicted octanol–water partition coefficient (Wildman–Crippen LogP) is 2.89. The lowest BCUT2D eigenvalue weighted by Gasteiger charge is -2.14. The first-order chi connectivity index (χ1) is 9.58. The van der Waals surface area contributed by atoms with E-state index in [9.17, 15) is 10.2 Å². The minimum absolute atomic E-state index is 0.0274. The molecule has 5 nitrogen and oxygen atoms in total. The molecular weight excluding hydrogens is 256 g/mol. The van der Waals surface area contributed by atoms with Crippen molar-refractivity contribution in [2.24, 2.45) is 0 Å². The maximum absolute atomic E-state index is 9.75. The van der Waals surface area contributed by atoms with Crippen molar-refractivity contribution in [3.63, 3.8) is 0 Å². The average molecular weight is 274 g/mol. The number of ether oxygens (including phenoxy) is 1. The smallest absolute Gasteiger partial charge is 0.237 e. The summed E-state index contributed by atoms with van der Waals surface area (Å²) >= 11 is 0. The predicted molar refractivity (Wildman–Crippen MR) is 77.1 cm³/mol. The van der Waals surface area contributed by atoms with Gasteiger partial charge in [0.1, 0.15) is 0 Å². The topological polar surface area (TPSA) is 74.6 Å². The standard InChI is InChI=1S/C15H18N2O3/c1-10(2)20-15-12(6-4-8-16-15)17-9-11-5-3-7-13(18)14(11)19/h3-8,10,17-19H,9H2,1-2H3. The number of anilines is 1. The second-order valence-electron chi connectivity index (χ2n) is 4.66. The van der Waals surface area contributed by atoms with Crippen LogP contribution in [0.5, 0.6) is 17.4 Å². The number of phenols is 2. The largest absolute Gasteiger partial charge is 0.504 e. The molecule has 0 aliphatic carbocycles. The van der Waals surface area contributed by atoms with Crippen LogP contribution in [0.25, 0.3) is 0 Å². The highest BCUT2D eigenvalue weighted by molar-refractivity contribution is 5.54. The normalized spacial score (nSPS) is 10.6. The molecule has 0 radical (unpaired) electrons. The number of aromatic hydroxyl groups is 2. The number of nitrogens with zero attached hydrogens (tertiary/aromatic N) is 1. The second kappa shape index (κ2) is 6.14. The van der Waals surface area contributed by atoms with Gasteiger partial charge in [0.05, 0.1) is 11.8 Å². The highest BCUT2D eigenvalue weighted by Gasteiger charge is 2.09. The number of hydrogen-bond acceptors (Lipinski definition) is 5. The Morgan fingerprint density at radius 2 is 2.00 bits per heavy atom. The van der Waals surface area contributed by atoms with E-state index in [0.717, 1.165) is 5.69 Å². The van der Waals surface area contributed by atoms with Gasteiger partial charge >= 0.3 is 0 Å². The van der Waals surface area contributed by atoms with Gasteiger partial charge in [0.2, 0.25) is 5.88 Å². The molecule has 2 aromatic rings. The van der Waals surface area contributed by atoms with E-state index in [-0.39, 0.29) is 17.6 Å². The molecule has 0 spiro atoms. The van der Waals surface area contributed by atoms with E-state index in [1.165, 1.54) is 6.07 Å². The summed E-state index contributed by atoms with van der Waals surface area (Å²) < 4.78 is 5.60. The van der Waals surface area contributed by atoms with Gasteiger partial charge in [-0.05, 0) is 32.0 Å². The monoisotopic (exact) mass is 274 g/mol. The van der Waals surface area contributed by atoms with Crippen LogP contribution < -0.4 is 10.1 Å². The number of aromatic nitrogens is 1. The van der Waals surface area contributed by atoms with Crippen molar-refractivity contribution in [1.29, 1.82) is 0 Å². The van der Waals surface area contributed by atoms with Gasteiger partial charge in [0, 0.05) is 18.3 Å². The van der Waals surface area contributed by atoms with Crippen molar-refractivity contribution in [2.75, 3.05) is 5.32 Å². The van der Waals surface area contributed by atoms with Crippen molar-refractivity contribution >= 4 is 5.69 Å². The van der Waals surface area contributed by atoms with Crippen LogP contribution in [0.2, 0.25) is 0 Å². The molecule has 1 heterocycles. The van der Waals surface area contributed by atoms with Gasteiger partial charge in [-0.2, -0.15) is 0 Å². The number of hydrogen-bond donors (Lipinski definition) is 3. The summed E-state index contributed by atoms with van der Waals surface area (Å²) in [6, 6.07) is 8.51. The minimum Gasteiger partial charge on any atom is -0.504 e. The van der Waals surface area contributed by atoms with E-state index >= 15 is 0 Å². The van der Waals surface area contributed by atoms with Crippen LogP contribution in [0.1, 0.15) is 19.4 Å². The zero-order valence-corrected chi connectivity index (χ0v) is 11.5. The Hall–Kier alpha value is -2.43. The Morgan fingerprint density at radius 3 is 2.75 bits per heavy atom. The number of rotatable bonds is 5. The van der Waals surface area contributed by atoms with E-state index in [1.54, 1.807) is 24.4 Å². The first kappa shape index (κ1) is 14.0. The van der Waals surface area contributed by atoms with Gasteiger partial charge in [-0.3, -0.25) is 0 Å². The van der Waals surface area contributed by atoms with Crippen molar-refractivity contribution in [3.05, 3.63) is 42.1 Å². The molecule has 0 fully saturated rings. The fraction of sp³-hybridized carbons (Fsp3) is 0.267. The second-order valence-corrected chi connectivity index (χ2v) is 4.66. The van der Waals surface area contributed by atoms with Crippen LogP contribution in [-0.4, -0.2) is 21.3 Å². The van der Waals surface area contributed by atoms with Crippen molar-refractivity contribution in [1.82, 2.24) is 4.98 Å². The summed E-state index contributed by atoms with van der Waals surface area (Å²) in [4.78, 5) is 4.17. The van der Waals surface area contributed by atoms with Gasteiger partial charge < -0.3 is 20.3 Å². The molecule has 0 atom stereocenters. The Labute approximate surface area is 117 Å². The zero-order chi connectivity index (χ0) is 14.5. The molecule has 3 N–H and O–H groups in total. The van der Waals surface area contributed by atoms with E-state index in [4.69, 9.17) is 4.74 Å². The SMILES string of the molecule is CC(C)Oc1ncccc1NCc1cccc(O)c1O. The third-order valence-electron chi connectivity index (χ3n) is 2.69. The molecule has 0 saturated heterocycles. The third kappa shape index (κ3) is 3.32. The van der Waals surface area contributed by atoms with Crippen LogP contribution in [0.3, 0.4) is 0 Å². The molecular formula is C15H18N2O3. The lowest BCUT2D eigenvalue weighted by Crippen LogP contribution is -2.10. The first-order valence-corrected chi connectivity index (χ1v) is 6.43. The van der Waals surface area contributed by atoms with E-state index in [0.29, 0.717) is 18.0 Å². The molecule has 1 aromatic carbocycles. The molecule has 0 aliphatic rings. The maximum atomic E-state index is 9.75. The van der Waals surface area contributed by atoms with Crippen LogP contribution in [0.4, 0.5) is 5.69 Å². The van der Waals surface area contributed by atoms with Gasteiger partial charge in [-0.15, -0.1) is 0 Å². The van der Waals surface area contributed by atoms with Crippen LogP contribution in [0.15, 0.2) is 36.5 Å². The van der Waals surface area contributed by atoms with Gasteiger partial charge in [0.15, 0.2) is 11.5 Å². The van der Waals surface area contributed by atoms with Crippen molar-refractivity contribution < 1.29 is 14.9 Å². The Balaban J connectivity index is 2.13. The van der Waals surface area contributed by atoms with E-state index in [2.05, 4.69) is 10.3 Å². The maximum Gasteiger partial charge on any atom is 0.237 e. The summed E-state index contributed by atoms with van der Waals surface area (Å²) in [7, 11) is 0. The number of nitrogens with one attached hydrogen (secondary N) is 1. The molecule has 0 saturated carbocycles. The van der Waals surface area contributed by atoms with Gasteiger partial charge in [-0.1, -0.05) is 12.1 Å². The van der Waals surface area contributed by atoms with Gasteiger partial charge in [-0.25, -0.2) is 4.98 Å². The minimum atomic E-state index is -0.130. The van der Waals surface area contributed by atoms with Gasteiger partial charge in [0.25, 0.3) is 0 Å². The van der Waals surface area contributed by atoms with Crippen LogP contribution >= 0.6 is 0 Å². The molecule has 2 rings (SSSR count). The van der Waals surface area contributed by atoms with Crippen LogP contribution in [0, 0.1) is 0 Å². The average Bonchev–Trinajstić information content (AvgIpc) is 2.41. The summed E-state index contributed by atoms with van der Waals surface area (Å²) in [5.74, 6) is 0.270. The summed E-state index contributed by atoms with van der Waals surface area (Å²) in [5, 5.41) is 22.4. The van der Waals surface area contributed by atoms with E-state index in [1.807, 2.05) is 19.9 Å². The Bertz CT molecular complexity index is 585. The number of phenolic OH excluding ortho intramolecular Hbond substituents is 2. The molecule has 0 amide bonds. The highest BCUT2D eigenvalue weighted by atomic mass is 16.5. The van der Waals surface area contributed by atoms with Crippen molar-refractivity contribution in [2.45, 2.75) is 26.5 Å². The molecule has 5 heteroatoms. The Kier molecular flexibility index (Phi) is 4.30. The fourth-order valence-corrected chi connectivity index (χ4v) is 1.75. The first-order valence-electron chi connectivity index (χ1n) is 6.43. The molecule has 0 aliphatic heterocycles. The molecule has 0 bridgehead atoms. The lowest BCUT2D eigenvalue weighted by molar-refractivity contribution is 0.234. The molecule has 0 unspecified atom stereocenters. The summed E-state index contributed by atoms with van der Waals surface area (Å²) in [6.45, 7) is 4.22. The zero-order valence-electron chi connectivity index (χ0n) is 11.5. The summed E-state index contributed by atoms with van der Waals surface area (Å²) in [6.07, 6.45) is 1.69.